The van der Waals surface area contributed by atoms with Crippen LogP contribution in [0, 0.1) is 0 Å². The highest BCUT2D eigenvalue weighted by atomic mass is 32.1. The lowest BCUT2D eigenvalue weighted by Gasteiger charge is -2.03. The fourth-order valence-electron chi connectivity index (χ4n) is 0.561. The van der Waals surface area contributed by atoms with Crippen LogP contribution in [0.25, 0.3) is 0 Å². The molecule has 0 saturated carbocycles. The molecule has 0 spiro atoms. The summed E-state index contributed by atoms with van der Waals surface area (Å²) < 4.78 is 35.9. The van der Waals surface area contributed by atoms with Crippen molar-refractivity contribution < 1.29 is 18.4 Å². The minimum absolute atomic E-state index is 0.343. The van der Waals surface area contributed by atoms with E-state index in [1.165, 1.54) is 11.6 Å². The summed E-state index contributed by atoms with van der Waals surface area (Å²) >= 11 is 0.761. The van der Waals surface area contributed by atoms with Gasteiger partial charge in [0.25, 0.3) is 0 Å². The quantitative estimate of drug-likeness (QED) is 0.423. The van der Waals surface area contributed by atoms with Crippen molar-refractivity contribution in [3.05, 3.63) is 16.6 Å². The van der Waals surface area contributed by atoms with Gasteiger partial charge < -0.3 is 5.21 Å². The topological polar surface area (TPSA) is 45.5 Å². The van der Waals surface area contributed by atoms with Gasteiger partial charge in [0.15, 0.2) is 0 Å². The van der Waals surface area contributed by atoms with Gasteiger partial charge in [0.05, 0.1) is 0 Å². The van der Waals surface area contributed by atoms with E-state index in [0.717, 1.165) is 11.3 Å². The lowest BCUT2D eigenvalue weighted by atomic mass is 10.4. The number of aromatic nitrogens is 1. The molecule has 0 radical (unpaired) electrons. The first-order chi connectivity index (χ1) is 5.55. The summed E-state index contributed by atoms with van der Waals surface area (Å²) in [5, 5.41) is 11.2. The van der Waals surface area contributed by atoms with Gasteiger partial charge in [0, 0.05) is 11.6 Å². The van der Waals surface area contributed by atoms with Crippen LogP contribution < -0.4 is 0 Å². The van der Waals surface area contributed by atoms with Crippen LogP contribution in [0.1, 0.15) is 5.01 Å². The van der Waals surface area contributed by atoms with Crippen LogP contribution in [-0.2, 0) is 0 Å². The molecule has 66 valence electrons. The number of halogens is 3. The Labute approximate surface area is 69.2 Å². The second-order valence-corrected chi connectivity index (χ2v) is 2.68. The van der Waals surface area contributed by atoms with Gasteiger partial charge in [-0.05, 0) is 0 Å². The van der Waals surface area contributed by atoms with Crippen LogP contribution in [0.2, 0.25) is 0 Å². The molecule has 0 fully saturated rings. The van der Waals surface area contributed by atoms with Crippen molar-refractivity contribution in [1.82, 2.24) is 4.98 Å². The monoisotopic (exact) mass is 196 g/mol. The van der Waals surface area contributed by atoms with E-state index in [4.69, 9.17) is 5.21 Å². The highest BCUT2D eigenvalue weighted by Gasteiger charge is 2.39. The molecular weight excluding hydrogens is 193 g/mol. The van der Waals surface area contributed by atoms with Gasteiger partial charge in [0.1, 0.15) is 5.01 Å². The van der Waals surface area contributed by atoms with Crippen molar-refractivity contribution in [3.63, 3.8) is 0 Å². The first kappa shape index (κ1) is 8.98. The number of alkyl halides is 3. The average molecular weight is 196 g/mol. The van der Waals surface area contributed by atoms with E-state index in [-0.39, 0.29) is 5.01 Å². The summed E-state index contributed by atoms with van der Waals surface area (Å²) in [4.78, 5) is 3.36. The van der Waals surface area contributed by atoms with Crippen LogP contribution in [0.3, 0.4) is 0 Å². The van der Waals surface area contributed by atoms with Crippen molar-refractivity contribution in [1.29, 1.82) is 0 Å². The van der Waals surface area contributed by atoms with Crippen molar-refractivity contribution >= 4 is 17.0 Å². The molecule has 0 unspecified atom stereocenters. The second-order valence-electron chi connectivity index (χ2n) is 1.78. The number of oxime groups is 1. The van der Waals surface area contributed by atoms with E-state index in [1.54, 1.807) is 0 Å². The Kier molecular flexibility index (Phi) is 2.32. The van der Waals surface area contributed by atoms with Gasteiger partial charge in [-0.3, -0.25) is 0 Å². The molecule has 0 saturated heterocycles. The van der Waals surface area contributed by atoms with Gasteiger partial charge in [-0.2, -0.15) is 13.2 Å². The van der Waals surface area contributed by atoms with Crippen LogP contribution >= 0.6 is 11.3 Å². The Morgan fingerprint density at radius 2 is 2.25 bits per heavy atom. The predicted molar refractivity (Wildman–Crippen MR) is 36.5 cm³/mol. The molecule has 0 amide bonds. The molecule has 12 heavy (non-hydrogen) atoms. The van der Waals surface area contributed by atoms with Crippen molar-refractivity contribution in [2.75, 3.05) is 0 Å². The molecule has 1 aromatic rings. The van der Waals surface area contributed by atoms with Crippen molar-refractivity contribution in [2.24, 2.45) is 5.16 Å². The Hall–Kier alpha value is -1.11. The number of thiazole rings is 1. The van der Waals surface area contributed by atoms with Crippen LogP contribution in [0.15, 0.2) is 16.7 Å². The summed E-state index contributed by atoms with van der Waals surface area (Å²) in [6, 6.07) is 0. The van der Waals surface area contributed by atoms with Gasteiger partial charge >= 0.3 is 6.18 Å². The number of hydrogen-bond donors (Lipinski definition) is 1. The van der Waals surface area contributed by atoms with Gasteiger partial charge in [-0.15, -0.1) is 11.3 Å². The van der Waals surface area contributed by atoms with E-state index < -0.39 is 11.9 Å². The third-order valence-electron chi connectivity index (χ3n) is 1.00. The highest BCUT2D eigenvalue weighted by molar-refractivity contribution is 7.11. The van der Waals surface area contributed by atoms with Gasteiger partial charge in [-0.25, -0.2) is 4.98 Å². The van der Waals surface area contributed by atoms with E-state index in [0.29, 0.717) is 0 Å². The third kappa shape index (κ3) is 1.73. The summed E-state index contributed by atoms with van der Waals surface area (Å²) in [7, 11) is 0. The van der Waals surface area contributed by atoms with Gasteiger partial charge in [-0.1, -0.05) is 5.16 Å². The second kappa shape index (κ2) is 3.10. The average Bonchev–Trinajstić information content (AvgIpc) is 2.38. The zero-order valence-corrected chi connectivity index (χ0v) is 6.35. The molecule has 0 aliphatic rings. The fraction of sp³-hybridized carbons (Fsp3) is 0.200. The maximum absolute atomic E-state index is 12.0. The summed E-state index contributed by atoms with van der Waals surface area (Å²) in [5.41, 5.74) is -1.36. The Morgan fingerprint density at radius 3 is 2.58 bits per heavy atom. The van der Waals surface area contributed by atoms with E-state index in [1.807, 2.05) is 0 Å². The highest BCUT2D eigenvalue weighted by Crippen LogP contribution is 2.23. The number of rotatable bonds is 1. The smallest absolute Gasteiger partial charge is 0.410 e. The zero-order valence-electron chi connectivity index (χ0n) is 5.54. The SMILES string of the molecule is O/N=C(/c1nccs1)C(F)(F)F. The summed E-state index contributed by atoms with van der Waals surface area (Å²) in [6.45, 7) is 0. The standard InChI is InChI=1S/C5H3F3N2OS/c6-5(7,8)3(10-11)4-9-1-2-12-4/h1-2,11H/b10-3-. The van der Waals surface area contributed by atoms with Crippen LogP contribution in [0.5, 0.6) is 0 Å². The maximum atomic E-state index is 12.0. The van der Waals surface area contributed by atoms with E-state index >= 15 is 0 Å². The predicted octanol–water partition coefficient (Wildman–Crippen LogP) is 1.88. The third-order valence-corrected chi connectivity index (χ3v) is 1.78. The molecule has 0 aliphatic heterocycles. The maximum Gasteiger partial charge on any atom is 0.439 e. The lowest BCUT2D eigenvalue weighted by Crippen LogP contribution is -2.23. The van der Waals surface area contributed by atoms with E-state index in [9.17, 15) is 13.2 Å². The first-order valence-corrected chi connectivity index (χ1v) is 3.63. The molecule has 3 nitrogen and oxygen atoms in total. The molecule has 0 aromatic carbocycles. The Bertz CT molecular complexity index is 279. The summed E-state index contributed by atoms with van der Waals surface area (Å²) in [5.74, 6) is 0. The number of hydrogen-bond acceptors (Lipinski definition) is 4. The fourth-order valence-corrected chi connectivity index (χ4v) is 1.20. The van der Waals surface area contributed by atoms with E-state index in [2.05, 4.69) is 10.1 Å². The Balaban J connectivity index is 3.01. The molecular formula is C5H3F3N2OS. The van der Waals surface area contributed by atoms with Crippen LogP contribution in [0.4, 0.5) is 13.2 Å². The van der Waals surface area contributed by atoms with Crippen molar-refractivity contribution in [2.45, 2.75) is 6.18 Å². The molecule has 0 aliphatic carbocycles. The molecule has 1 rings (SSSR count). The zero-order chi connectivity index (χ0) is 9.19. The largest absolute Gasteiger partial charge is 0.439 e. The molecule has 1 N–H and O–H groups in total. The van der Waals surface area contributed by atoms with Crippen LogP contribution in [-0.4, -0.2) is 22.1 Å². The minimum Gasteiger partial charge on any atom is -0.410 e. The molecule has 7 heteroatoms. The minimum atomic E-state index is -4.66. The molecule has 1 heterocycles. The van der Waals surface area contributed by atoms with Gasteiger partial charge in [0.2, 0.25) is 5.71 Å². The molecule has 0 bridgehead atoms. The van der Waals surface area contributed by atoms with Crippen molar-refractivity contribution in [3.8, 4) is 0 Å². The lowest BCUT2D eigenvalue weighted by molar-refractivity contribution is -0.0601. The Morgan fingerprint density at radius 1 is 1.58 bits per heavy atom. The number of nitrogens with zero attached hydrogens (tertiary/aromatic N) is 2. The molecule has 0 atom stereocenters. The summed E-state index contributed by atoms with van der Waals surface area (Å²) in [6.07, 6.45) is -3.45. The first-order valence-electron chi connectivity index (χ1n) is 2.75. The normalized spacial score (nSPS) is 13.4. The molecule has 1 aromatic heterocycles.